The van der Waals surface area contributed by atoms with Gasteiger partial charge >= 0.3 is 6.03 Å². The highest BCUT2D eigenvalue weighted by Crippen LogP contribution is 2.30. The molecule has 0 aromatic rings. The number of amides is 3. The fourth-order valence-electron chi connectivity index (χ4n) is 4.30. The number of nitrogens with one attached hydrogen (secondary N) is 3. The van der Waals surface area contributed by atoms with Crippen molar-refractivity contribution in [3.05, 3.63) is 0 Å². The quantitative estimate of drug-likeness (QED) is 0.257. The number of guanidine groups is 1. The van der Waals surface area contributed by atoms with Crippen molar-refractivity contribution < 1.29 is 9.59 Å². The standard InChI is InChI=1S/C17H29N5O2.HI/c1-17(14(23)20-16(24)21-17)13-7-9-22(10-8-13)15(18-2)19-11-12-5-3-4-6-12;/h12-13H,3-11H2,1-2H3,(H,18,19)(H2,20,21,23,24);1H. The molecule has 25 heavy (non-hydrogen) atoms. The van der Waals surface area contributed by atoms with Crippen LogP contribution in [-0.4, -0.2) is 55.0 Å². The van der Waals surface area contributed by atoms with Gasteiger partial charge in [-0.15, -0.1) is 24.0 Å². The molecule has 1 saturated carbocycles. The van der Waals surface area contributed by atoms with Crippen molar-refractivity contribution in [1.29, 1.82) is 0 Å². The maximum Gasteiger partial charge on any atom is 0.322 e. The Balaban J connectivity index is 0.00000225. The summed E-state index contributed by atoms with van der Waals surface area (Å²) in [5.41, 5.74) is -0.774. The third-order valence-electron chi connectivity index (χ3n) is 5.92. The molecule has 2 saturated heterocycles. The number of piperidine rings is 1. The first-order valence-electron chi connectivity index (χ1n) is 9.12. The molecule has 0 spiro atoms. The van der Waals surface area contributed by atoms with Crippen LogP contribution in [0.2, 0.25) is 0 Å². The Kier molecular flexibility index (Phi) is 6.93. The van der Waals surface area contributed by atoms with Gasteiger partial charge in [0.05, 0.1) is 0 Å². The van der Waals surface area contributed by atoms with Crippen molar-refractivity contribution in [1.82, 2.24) is 20.9 Å². The Bertz CT molecular complexity index is 527. The van der Waals surface area contributed by atoms with Gasteiger partial charge in [-0.1, -0.05) is 12.8 Å². The normalized spacial score (nSPS) is 28.6. The molecule has 3 fully saturated rings. The number of rotatable bonds is 3. The van der Waals surface area contributed by atoms with Gasteiger partial charge in [0, 0.05) is 26.7 Å². The van der Waals surface area contributed by atoms with E-state index < -0.39 is 5.54 Å². The molecule has 2 heterocycles. The van der Waals surface area contributed by atoms with E-state index in [0.29, 0.717) is 0 Å². The highest BCUT2D eigenvalue weighted by Gasteiger charge is 2.48. The number of imide groups is 1. The number of urea groups is 1. The molecule has 142 valence electrons. The van der Waals surface area contributed by atoms with Gasteiger partial charge in [0.25, 0.3) is 5.91 Å². The average molecular weight is 463 g/mol. The minimum Gasteiger partial charge on any atom is -0.356 e. The third-order valence-corrected chi connectivity index (χ3v) is 5.92. The molecule has 1 aliphatic carbocycles. The molecule has 0 aromatic carbocycles. The SMILES string of the molecule is CN=C(NCC1CCCC1)N1CCC(C2(C)NC(=O)NC2=O)CC1.I. The predicted octanol–water partition coefficient (Wildman–Crippen LogP) is 1.68. The molecule has 2 aliphatic heterocycles. The Morgan fingerprint density at radius 3 is 2.40 bits per heavy atom. The largest absolute Gasteiger partial charge is 0.356 e. The second kappa shape index (κ2) is 8.55. The topological polar surface area (TPSA) is 85.8 Å². The summed E-state index contributed by atoms with van der Waals surface area (Å²) in [4.78, 5) is 30.2. The summed E-state index contributed by atoms with van der Waals surface area (Å²) in [5.74, 6) is 1.70. The first-order valence-corrected chi connectivity index (χ1v) is 9.12. The lowest BCUT2D eigenvalue weighted by molar-refractivity contribution is -0.125. The number of nitrogens with zero attached hydrogens (tertiary/aromatic N) is 2. The van der Waals surface area contributed by atoms with E-state index in [0.717, 1.165) is 44.4 Å². The first-order chi connectivity index (χ1) is 11.5. The summed E-state index contributed by atoms with van der Waals surface area (Å²) in [7, 11) is 1.83. The molecular formula is C17H30IN5O2. The number of halogens is 1. The third kappa shape index (κ3) is 4.38. The van der Waals surface area contributed by atoms with Crippen molar-refractivity contribution in [2.24, 2.45) is 16.8 Å². The summed E-state index contributed by atoms with van der Waals surface area (Å²) < 4.78 is 0. The second-order valence-corrected chi connectivity index (χ2v) is 7.45. The number of aliphatic imine (C=N–C) groups is 1. The minimum absolute atomic E-state index is 0. The molecule has 3 rings (SSSR count). The van der Waals surface area contributed by atoms with Crippen molar-refractivity contribution in [2.45, 2.75) is 51.0 Å². The smallest absolute Gasteiger partial charge is 0.322 e. The lowest BCUT2D eigenvalue weighted by Crippen LogP contribution is -2.55. The van der Waals surface area contributed by atoms with Crippen LogP contribution in [0.1, 0.15) is 45.4 Å². The van der Waals surface area contributed by atoms with E-state index in [1.165, 1.54) is 25.7 Å². The molecular weight excluding hydrogens is 433 g/mol. The lowest BCUT2D eigenvalue weighted by atomic mass is 9.79. The fraction of sp³-hybridized carbons (Fsp3) is 0.824. The molecule has 8 heteroatoms. The second-order valence-electron chi connectivity index (χ2n) is 7.45. The number of likely N-dealkylation sites (tertiary alicyclic amines) is 1. The van der Waals surface area contributed by atoms with Crippen LogP contribution in [0, 0.1) is 11.8 Å². The molecule has 0 radical (unpaired) electrons. The van der Waals surface area contributed by atoms with E-state index in [1.807, 2.05) is 14.0 Å². The zero-order chi connectivity index (χ0) is 17.2. The van der Waals surface area contributed by atoms with Crippen LogP contribution in [-0.2, 0) is 4.79 Å². The van der Waals surface area contributed by atoms with Gasteiger partial charge in [-0.25, -0.2) is 4.79 Å². The number of carbonyl (C=O) groups is 2. The summed E-state index contributed by atoms with van der Waals surface area (Å²) in [6.45, 7) is 4.55. The molecule has 3 N–H and O–H groups in total. The van der Waals surface area contributed by atoms with Crippen molar-refractivity contribution in [3.8, 4) is 0 Å². The molecule has 7 nitrogen and oxygen atoms in total. The molecule has 0 bridgehead atoms. The Morgan fingerprint density at radius 1 is 1.24 bits per heavy atom. The minimum atomic E-state index is -0.774. The summed E-state index contributed by atoms with van der Waals surface area (Å²) >= 11 is 0. The van der Waals surface area contributed by atoms with Gasteiger partial charge in [0.2, 0.25) is 0 Å². The van der Waals surface area contributed by atoms with E-state index in [1.54, 1.807) is 0 Å². The summed E-state index contributed by atoms with van der Waals surface area (Å²) in [6.07, 6.45) is 7.08. The monoisotopic (exact) mass is 463 g/mol. The van der Waals surface area contributed by atoms with Crippen molar-refractivity contribution in [3.63, 3.8) is 0 Å². The first kappa shape index (κ1) is 20.3. The van der Waals surface area contributed by atoms with E-state index in [-0.39, 0.29) is 41.8 Å². The zero-order valence-corrected chi connectivity index (χ0v) is 17.5. The molecule has 3 aliphatic rings. The van der Waals surface area contributed by atoms with Crippen LogP contribution in [0.4, 0.5) is 4.79 Å². The fourth-order valence-corrected chi connectivity index (χ4v) is 4.30. The molecule has 3 amide bonds. The lowest BCUT2D eigenvalue weighted by Gasteiger charge is -2.39. The van der Waals surface area contributed by atoms with Crippen LogP contribution in [0.15, 0.2) is 4.99 Å². The van der Waals surface area contributed by atoms with Gasteiger partial charge in [-0.2, -0.15) is 0 Å². The van der Waals surface area contributed by atoms with Gasteiger partial charge in [0.1, 0.15) is 5.54 Å². The Labute approximate surface area is 166 Å². The van der Waals surface area contributed by atoms with Gasteiger partial charge in [0.15, 0.2) is 5.96 Å². The van der Waals surface area contributed by atoms with Crippen LogP contribution in [0.25, 0.3) is 0 Å². The van der Waals surface area contributed by atoms with Crippen LogP contribution in [0.3, 0.4) is 0 Å². The molecule has 1 atom stereocenters. The van der Waals surface area contributed by atoms with E-state index in [9.17, 15) is 9.59 Å². The predicted molar refractivity (Wildman–Crippen MR) is 108 cm³/mol. The summed E-state index contributed by atoms with van der Waals surface area (Å²) in [5, 5.41) is 8.69. The van der Waals surface area contributed by atoms with E-state index >= 15 is 0 Å². The van der Waals surface area contributed by atoms with Gasteiger partial charge in [-0.3, -0.25) is 15.1 Å². The summed E-state index contributed by atoms with van der Waals surface area (Å²) in [6, 6.07) is -0.376. The van der Waals surface area contributed by atoms with Crippen molar-refractivity contribution >= 4 is 41.9 Å². The zero-order valence-electron chi connectivity index (χ0n) is 15.1. The van der Waals surface area contributed by atoms with E-state index in [4.69, 9.17) is 0 Å². The van der Waals surface area contributed by atoms with Crippen LogP contribution < -0.4 is 16.0 Å². The van der Waals surface area contributed by atoms with E-state index in [2.05, 4.69) is 25.8 Å². The number of hydrogen-bond acceptors (Lipinski definition) is 3. The Hall–Kier alpha value is -1.06. The van der Waals surface area contributed by atoms with Crippen molar-refractivity contribution in [2.75, 3.05) is 26.7 Å². The Morgan fingerprint density at radius 2 is 1.88 bits per heavy atom. The molecule has 0 aromatic heterocycles. The van der Waals surface area contributed by atoms with Gasteiger partial charge in [-0.05, 0) is 44.4 Å². The van der Waals surface area contributed by atoms with Crippen LogP contribution >= 0.6 is 24.0 Å². The maximum absolute atomic E-state index is 12.1. The number of carbonyl (C=O) groups excluding carboxylic acids is 2. The van der Waals surface area contributed by atoms with Crippen LogP contribution in [0.5, 0.6) is 0 Å². The maximum atomic E-state index is 12.1. The average Bonchev–Trinajstić information content (AvgIpc) is 3.17. The molecule has 1 unspecified atom stereocenters. The highest BCUT2D eigenvalue weighted by molar-refractivity contribution is 14.0. The van der Waals surface area contributed by atoms with Gasteiger partial charge < -0.3 is 15.5 Å². The number of hydrogen-bond donors (Lipinski definition) is 3. The highest BCUT2D eigenvalue weighted by atomic mass is 127.